The number of hydrogen-bond donors (Lipinski definition) is 1. The van der Waals surface area contributed by atoms with Gasteiger partial charge in [0.2, 0.25) is 0 Å². The first-order chi connectivity index (χ1) is 9.79. The maximum absolute atomic E-state index is 12.9. The van der Waals surface area contributed by atoms with Crippen LogP contribution in [0.5, 0.6) is 0 Å². The van der Waals surface area contributed by atoms with Crippen molar-refractivity contribution in [3.63, 3.8) is 0 Å². The van der Waals surface area contributed by atoms with E-state index in [4.69, 9.17) is 5.73 Å². The van der Waals surface area contributed by atoms with Crippen LogP contribution < -0.4 is 5.73 Å². The van der Waals surface area contributed by atoms with Crippen molar-refractivity contribution in [2.24, 2.45) is 5.73 Å². The average molecular weight is 287 g/mol. The fourth-order valence-electron chi connectivity index (χ4n) is 2.01. The molecule has 21 heavy (non-hydrogen) atoms. The van der Waals surface area contributed by atoms with E-state index in [1.165, 1.54) is 0 Å². The highest BCUT2D eigenvalue weighted by atomic mass is 19.1. The molecule has 0 fully saturated rings. The Morgan fingerprint density at radius 3 is 2.00 bits per heavy atom. The summed E-state index contributed by atoms with van der Waals surface area (Å²) in [6.45, 7) is 5.28. The smallest absolute Gasteiger partial charge is 0.405 e. The first-order valence-corrected chi connectivity index (χ1v) is 6.66. The van der Waals surface area contributed by atoms with Crippen LogP contribution >= 0.6 is 0 Å². The maximum Gasteiger partial charge on any atom is 0.405 e. The van der Waals surface area contributed by atoms with Crippen molar-refractivity contribution in [1.82, 2.24) is 0 Å². The van der Waals surface area contributed by atoms with Crippen LogP contribution in [0.15, 0.2) is 42.5 Å². The van der Waals surface area contributed by atoms with Crippen molar-refractivity contribution >= 4 is 6.09 Å². The minimum absolute atomic E-state index is 0.0265. The monoisotopic (exact) mass is 287 g/mol. The molecule has 0 saturated carbocycles. The van der Waals surface area contributed by atoms with E-state index in [9.17, 15) is 9.18 Å². The summed E-state index contributed by atoms with van der Waals surface area (Å²) >= 11 is 0. The van der Waals surface area contributed by atoms with Gasteiger partial charge < -0.3 is 10.5 Å². The van der Waals surface area contributed by atoms with E-state index in [-0.39, 0.29) is 5.82 Å². The zero-order valence-corrected chi connectivity index (χ0v) is 12.3. The van der Waals surface area contributed by atoms with Crippen LogP contribution in [-0.4, -0.2) is 11.7 Å². The van der Waals surface area contributed by atoms with Gasteiger partial charge in [0.15, 0.2) is 0 Å². The molecule has 3 nitrogen and oxygen atoms in total. The van der Waals surface area contributed by atoms with Crippen LogP contribution in [0.1, 0.15) is 20.8 Å². The zero-order chi connectivity index (χ0) is 15.6. The number of nitrogens with two attached hydrogens (primary N) is 1. The van der Waals surface area contributed by atoms with Crippen LogP contribution in [0.2, 0.25) is 0 Å². The van der Waals surface area contributed by atoms with E-state index in [0.717, 1.165) is 22.3 Å². The predicted molar refractivity (Wildman–Crippen MR) is 81.3 cm³/mol. The maximum atomic E-state index is 12.9. The fourth-order valence-corrected chi connectivity index (χ4v) is 2.01. The Morgan fingerprint density at radius 1 is 1.05 bits per heavy atom. The van der Waals surface area contributed by atoms with E-state index in [2.05, 4.69) is 4.74 Å². The summed E-state index contributed by atoms with van der Waals surface area (Å²) < 4.78 is 17.5. The van der Waals surface area contributed by atoms with Crippen molar-refractivity contribution in [2.45, 2.75) is 26.4 Å². The minimum Gasteiger partial charge on any atom is -0.444 e. The molecule has 1 aromatic rings. The van der Waals surface area contributed by atoms with Gasteiger partial charge in [0.05, 0.1) is 0 Å². The second kappa shape index (κ2) is 5.56. The van der Waals surface area contributed by atoms with E-state index >= 15 is 0 Å². The molecule has 0 atom stereocenters. The number of benzene rings is 2. The Balaban J connectivity index is 0.000000177. The van der Waals surface area contributed by atoms with Gasteiger partial charge in [-0.3, -0.25) is 0 Å². The number of amides is 1. The number of fused-ring (bicyclic) bond motifs is 1. The molecule has 0 radical (unpaired) electrons. The van der Waals surface area contributed by atoms with Gasteiger partial charge in [-0.2, -0.15) is 0 Å². The number of ether oxygens (including phenoxy) is 1. The second-order valence-electron chi connectivity index (χ2n) is 5.75. The molecular weight excluding hydrogens is 269 g/mol. The number of halogens is 1. The van der Waals surface area contributed by atoms with Crippen LogP contribution in [-0.2, 0) is 4.74 Å². The standard InChI is InChI=1S/C12H7F.C5H11NO2/c13-12-10-7-6-9(11(10)12)8-4-2-1-3-5-8;1-5(2,3)8-4(6)7/h1-7H;1-3H3,(H2,6,7). The molecule has 2 N–H and O–H groups in total. The minimum atomic E-state index is -0.725. The Labute approximate surface area is 123 Å². The van der Waals surface area contributed by atoms with Crippen molar-refractivity contribution < 1.29 is 13.9 Å². The molecule has 3 rings (SSSR count). The molecular formula is C17H18FNO2. The van der Waals surface area contributed by atoms with Gasteiger partial charge >= 0.3 is 6.09 Å². The molecule has 0 heterocycles. The highest BCUT2D eigenvalue weighted by Gasteiger charge is 2.29. The largest absolute Gasteiger partial charge is 0.444 e. The molecule has 110 valence electrons. The molecule has 0 saturated heterocycles. The van der Waals surface area contributed by atoms with Crippen molar-refractivity contribution in [3.05, 3.63) is 48.3 Å². The molecule has 0 aliphatic heterocycles. The average Bonchev–Trinajstić information content (AvgIpc) is 2.85. The number of hydrogen-bond acceptors (Lipinski definition) is 2. The van der Waals surface area contributed by atoms with Gasteiger partial charge in [-0.15, -0.1) is 0 Å². The van der Waals surface area contributed by atoms with Crippen molar-refractivity contribution in [1.29, 1.82) is 0 Å². The molecule has 2 aliphatic carbocycles. The van der Waals surface area contributed by atoms with Gasteiger partial charge in [-0.25, -0.2) is 9.18 Å². The molecule has 1 aromatic carbocycles. The summed E-state index contributed by atoms with van der Waals surface area (Å²) in [6.07, 6.45) is -0.725. The van der Waals surface area contributed by atoms with Crippen LogP contribution in [0.4, 0.5) is 9.18 Å². The molecule has 1 amide bonds. The summed E-state index contributed by atoms with van der Waals surface area (Å²) in [4.78, 5) is 10.0. The summed E-state index contributed by atoms with van der Waals surface area (Å²) in [5.74, 6) is -0.0265. The third kappa shape index (κ3) is 3.81. The quantitative estimate of drug-likeness (QED) is 0.723. The van der Waals surface area contributed by atoms with Crippen LogP contribution in [0.3, 0.4) is 0 Å². The molecule has 0 spiro atoms. The van der Waals surface area contributed by atoms with Gasteiger partial charge in [0.25, 0.3) is 0 Å². The van der Waals surface area contributed by atoms with Gasteiger partial charge in [0, 0.05) is 11.1 Å². The zero-order valence-electron chi connectivity index (χ0n) is 12.3. The first kappa shape index (κ1) is 15.0. The Bertz CT molecular complexity index is 660. The van der Waals surface area contributed by atoms with Crippen molar-refractivity contribution in [3.8, 4) is 22.3 Å². The lowest BCUT2D eigenvalue weighted by molar-refractivity contribution is 0.0600. The molecule has 0 unspecified atom stereocenters. The highest BCUT2D eigenvalue weighted by molar-refractivity contribution is 5.97. The summed E-state index contributed by atoms with van der Waals surface area (Å²) in [6, 6.07) is 13.7. The summed E-state index contributed by atoms with van der Waals surface area (Å²) in [5.41, 5.74) is 7.98. The Morgan fingerprint density at radius 2 is 1.62 bits per heavy atom. The molecule has 0 aromatic heterocycles. The van der Waals surface area contributed by atoms with Crippen LogP contribution in [0, 0.1) is 5.82 Å². The van der Waals surface area contributed by atoms with E-state index in [0.29, 0.717) is 0 Å². The third-order valence-electron chi connectivity index (χ3n) is 2.84. The fraction of sp³-hybridized carbons (Fsp3) is 0.235. The van der Waals surface area contributed by atoms with E-state index in [1.54, 1.807) is 20.8 Å². The van der Waals surface area contributed by atoms with Crippen LogP contribution in [0.25, 0.3) is 22.3 Å². The number of carbonyl (C=O) groups is 1. The number of primary amides is 1. The lowest BCUT2D eigenvalue weighted by Crippen LogP contribution is -2.27. The second-order valence-corrected chi connectivity index (χ2v) is 5.75. The highest BCUT2D eigenvalue weighted by Crippen LogP contribution is 2.48. The van der Waals surface area contributed by atoms with E-state index in [1.807, 2.05) is 42.5 Å². The van der Waals surface area contributed by atoms with Gasteiger partial charge in [0.1, 0.15) is 11.4 Å². The SMILES string of the molecule is CC(C)(C)OC(N)=O.Fc1c2ccc(-c3ccccc3)c1-2. The third-order valence-corrected chi connectivity index (χ3v) is 2.84. The lowest BCUT2D eigenvalue weighted by Gasteiger charge is -2.16. The predicted octanol–water partition coefficient (Wildman–Crippen LogP) is 4.35. The summed E-state index contributed by atoms with van der Waals surface area (Å²) in [5, 5.41) is 0. The molecule has 4 heteroatoms. The Hall–Kier alpha value is -2.36. The van der Waals surface area contributed by atoms with Gasteiger partial charge in [-0.05, 0) is 31.9 Å². The Kier molecular flexibility index (Phi) is 3.98. The first-order valence-electron chi connectivity index (χ1n) is 6.66. The molecule has 0 bridgehead atoms. The molecule has 2 aliphatic rings. The van der Waals surface area contributed by atoms with Gasteiger partial charge in [-0.1, -0.05) is 42.5 Å². The number of rotatable bonds is 1. The van der Waals surface area contributed by atoms with E-state index < -0.39 is 11.7 Å². The number of carbonyl (C=O) groups excluding carboxylic acids is 1. The lowest BCUT2D eigenvalue weighted by atomic mass is 10.1. The normalized spacial score (nSPS) is 11.2. The topological polar surface area (TPSA) is 52.3 Å². The summed E-state index contributed by atoms with van der Waals surface area (Å²) in [7, 11) is 0. The van der Waals surface area contributed by atoms with Crippen molar-refractivity contribution in [2.75, 3.05) is 0 Å².